The van der Waals surface area contributed by atoms with Gasteiger partial charge in [0.05, 0.1) is 6.20 Å². The molecule has 5 heteroatoms. The molecule has 2 heterocycles. The van der Waals surface area contributed by atoms with E-state index < -0.39 is 5.82 Å². The molecule has 0 bridgehead atoms. The van der Waals surface area contributed by atoms with Crippen molar-refractivity contribution in [3.05, 3.63) is 59.2 Å². The topological polar surface area (TPSA) is 57.8 Å². The van der Waals surface area contributed by atoms with Crippen LogP contribution in [-0.4, -0.2) is 15.9 Å². The lowest BCUT2D eigenvalue weighted by Crippen LogP contribution is -2.12. The molecule has 3 rings (SSSR count). The average molecular weight is 283 g/mol. The molecule has 1 amide bonds. The predicted octanol–water partition coefficient (Wildman–Crippen LogP) is 3.57. The number of hydrogen-bond acceptors (Lipinski definition) is 2. The number of nitrogens with one attached hydrogen (secondary N) is 2. The highest BCUT2D eigenvalue weighted by molar-refractivity contribution is 6.06. The van der Waals surface area contributed by atoms with Gasteiger partial charge < -0.3 is 10.3 Å². The number of pyridine rings is 1. The summed E-state index contributed by atoms with van der Waals surface area (Å²) in [5, 5.41) is 3.67. The van der Waals surface area contributed by atoms with Gasteiger partial charge in [-0.2, -0.15) is 0 Å². The van der Waals surface area contributed by atoms with Gasteiger partial charge in [0.15, 0.2) is 0 Å². The number of nitrogens with zero attached hydrogens (tertiary/aromatic N) is 1. The predicted molar refractivity (Wildman–Crippen MR) is 79.9 cm³/mol. The minimum absolute atomic E-state index is 0.269. The van der Waals surface area contributed by atoms with Crippen molar-refractivity contribution in [3.8, 4) is 0 Å². The standard InChI is InChI=1S/C16H14FN3O/c1-9-10(2)19-14-5-3-11(7-13(9)14)16(21)20-15-6-4-12(17)8-18-15/h3-8,19H,1-2H3,(H,18,20,21). The van der Waals surface area contributed by atoms with Gasteiger partial charge in [0.1, 0.15) is 11.6 Å². The lowest BCUT2D eigenvalue weighted by atomic mass is 10.1. The molecule has 1 aromatic carbocycles. The number of aromatic amines is 1. The third-order valence-corrected chi connectivity index (χ3v) is 3.54. The third kappa shape index (κ3) is 2.50. The second-order valence-electron chi connectivity index (χ2n) is 4.95. The summed E-state index contributed by atoms with van der Waals surface area (Å²) < 4.78 is 12.8. The minimum Gasteiger partial charge on any atom is -0.358 e. The molecule has 0 radical (unpaired) electrons. The summed E-state index contributed by atoms with van der Waals surface area (Å²) in [5.74, 6) is -0.384. The molecule has 106 valence electrons. The van der Waals surface area contributed by atoms with Crippen molar-refractivity contribution in [3.63, 3.8) is 0 Å². The van der Waals surface area contributed by atoms with Crippen LogP contribution in [0.4, 0.5) is 10.2 Å². The van der Waals surface area contributed by atoms with Crippen LogP contribution < -0.4 is 5.32 Å². The molecule has 0 saturated heterocycles. The van der Waals surface area contributed by atoms with Gasteiger partial charge in [0.2, 0.25) is 0 Å². The summed E-state index contributed by atoms with van der Waals surface area (Å²) in [5.41, 5.74) is 3.75. The molecule has 2 N–H and O–H groups in total. The number of carbonyl (C=O) groups excluding carboxylic acids is 1. The van der Waals surface area contributed by atoms with Crippen LogP contribution >= 0.6 is 0 Å². The molecular weight excluding hydrogens is 269 g/mol. The van der Waals surface area contributed by atoms with Gasteiger partial charge in [-0.3, -0.25) is 4.79 Å². The van der Waals surface area contributed by atoms with E-state index in [0.29, 0.717) is 11.4 Å². The molecule has 0 atom stereocenters. The van der Waals surface area contributed by atoms with E-state index in [1.54, 1.807) is 6.07 Å². The Labute approximate surface area is 121 Å². The second kappa shape index (κ2) is 5.01. The summed E-state index contributed by atoms with van der Waals surface area (Å²) in [6.07, 6.45) is 1.07. The summed E-state index contributed by atoms with van der Waals surface area (Å²) in [4.78, 5) is 19.3. The fourth-order valence-electron chi connectivity index (χ4n) is 2.24. The number of H-pyrrole nitrogens is 1. The first-order valence-corrected chi connectivity index (χ1v) is 6.56. The summed E-state index contributed by atoms with van der Waals surface area (Å²) in [7, 11) is 0. The fraction of sp³-hybridized carbons (Fsp3) is 0.125. The lowest BCUT2D eigenvalue weighted by molar-refractivity contribution is 0.102. The summed E-state index contributed by atoms with van der Waals surface area (Å²) in [6.45, 7) is 4.01. The fourth-order valence-corrected chi connectivity index (χ4v) is 2.24. The number of carbonyl (C=O) groups is 1. The van der Waals surface area contributed by atoms with E-state index in [0.717, 1.165) is 28.4 Å². The summed E-state index contributed by atoms with van der Waals surface area (Å²) >= 11 is 0. The van der Waals surface area contributed by atoms with Crippen molar-refractivity contribution >= 4 is 22.6 Å². The molecule has 0 aliphatic carbocycles. The van der Waals surface area contributed by atoms with Gasteiger partial charge in [-0.05, 0) is 49.7 Å². The first-order valence-electron chi connectivity index (χ1n) is 6.56. The number of amides is 1. The van der Waals surface area contributed by atoms with Gasteiger partial charge in [0, 0.05) is 22.2 Å². The molecule has 0 unspecified atom stereocenters. The van der Waals surface area contributed by atoms with Crippen LogP contribution in [0.2, 0.25) is 0 Å². The molecule has 0 aliphatic heterocycles. The molecule has 0 fully saturated rings. The quantitative estimate of drug-likeness (QED) is 0.755. The van der Waals surface area contributed by atoms with Gasteiger partial charge in [-0.15, -0.1) is 0 Å². The summed E-state index contributed by atoms with van der Waals surface area (Å²) in [6, 6.07) is 8.15. The van der Waals surface area contributed by atoms with Gasteiger partial charge in [0.25, 0.3) is 5.91 Å². The van der Waals surface area contributed by atoms with Crippen molar-refractivity contribution in [1.82, 2.24) is 9.97 Å². The highest BCUT2D eigenvalue weighted by atomic mass is 19.1. The van der Waals surface area contributed by atoms with E-state index in [1.807, 2.05) is 26.0 Å². The highest BCUT2D eigenvalue weighted by Crippen LogP contribution is 2.22. The number of aromatic nitrogens is 2. The van der Waals surface area contributed by atoms with Crippen molar-refractivity contribution < 1.29 is 9.18 Å². The molecule has 21 heavy (non-hydrogen) atoms. The van der Waals surface area contributed by atoms with E-state index in [9.17, 15) is 9.18 Å². The second-order valence-corrected chi connectivity index (χ2v) is 4.95. The molecular formula is C16H14FN3O. The highest BCUT2D eigenvalue weighted by Gasteiger charge is 2.10. The Bertz CT molecular complexity index is 821. The van der Waals surface area contributed by atoms with E-state index in [-0.39, 0.29) is 5.91 Å². The van der Waals surface area contributed by atoms with Crippen molar-refractivity contribution in [2.24, 2.45) is 0 Å². The maximum Gasteiger partial charge on any atom is 0.256 e. The zero-order chi connectivity index (χ0) is 15.0. The lowest BCUT2D eigenvalue weighted by Gasteiger charge is -2.04. The van der Waals surface area contributed by atoms with Crippen LogP contribution in [0.3, 0.4) is 0 Å². The Morgan fingerprint density at radius 2 is 2.05 bits per heavy atom. The van der Waals surface area contributed by atoms with Crippen LogP contribution in [0.1, 0.15) is 21.6 Å². The Balaban J connectivity index is 1.90. The Kier molecular flexibility index (Phi) is 3.17. The van der Waals surface area contributed by atoms with Crippen LogP contribution in [-0.2, 0) is 0 Å². The number of benzene rings is 1. The molecule has 3 aromatic rings. The van der Waals surface area contributed by atoms with Crippen LogP contribution in [0.5, 0.6) is 0 Å². The molecule has 4 nitrogen and oxygen atoms in total. The first kappa shape index (κ1) is 13.3. The molecule has 0 aliphatic rings. The Hall–Kier alpha value is -2.69. The first-order chi connectivity index (χ1) is 10.0. The maximum atomic E-state index is 12.8. The zero-order valence-electron chi connectivity index (χ0n) is 11.7. The number of fused-ring (bicyclic) bond motifs is 1. The van der Waals surface area contributed by atoms with Gasteiger partial charge in [-0.1, -0.05) is 0 Å². The smallest absolute Gasteiger partial charge is 0.256 e. The average Bonchev–Trinajstić information content (AvgIpc) is 2.76. The van der Waals surface area contributed by atoms with Crippen molar-refractivity contribution in [1.29, 1.82) is 0 Å². The van der Waals surface area contributed by atoms with Crippen LogP contribution in [0, 0.1) is 19.7 Å². The largest absolute Gasteiger partial charge is 0.358 e. The van der Waals surface area contributed by atoms with Crippen molar-refractivity contribution in [2.75, 3.05) is 5.32 Å². The molecule has 0 spiro atoms. The maximum absolute atomic E-state index is 12.8. The third-order valence-electron chi connectivity index (χ3n) is 3.54. The van der Waals surface area contributed by atoms with E-state index in [2.05, 4.69) is 15.3 Å². The number of hydrogen-bond donors (Lipinski definition) is 2. The number of halogens is 1. The normalized spacial score (nSPS) is 10.8. The van der Waals surface area contributed by atoms with E-state index in [4.69, 9.17) is 0 Å². The van der Waals surface area contributed by atoms with E-state index >= 15 is 0 Å². The zero-order valence-corrected chi connectivity index (χ0v) is 11.7. The number of aryl methyl sites for hydroxylation is 2. The number of anilines is 1. The van der Waals surface area contributed by atoms with Crippen LogP contribution in [0.25, 0.3) is 10.9 Å². The van der Waals surface area contributed by atoms with E-state index in [1.165, 1.54) is 12.1 Å². The minimum atomic E-state index is -0.437. The monoisotopic (exact) mass is 283 g/mol. The molecule has 0 saturated carbocycles. The Morgan fingerprint density at radius 1 is 1.24 bits per heavy atom. The Morgan fingerprint density at radius 3 is 2.76 bits per heavy atom. The SMILES string of the molecule is Cc1[nH]c2ccc(C(=O)Nc3ccc(F)cn3)cc2c1C. The molecule has 2 aromatic heterocycles. The van der Waals surface area contributed by atoms with Gasteiger partial charge in [-0.25, -0.2) is 9.37 Å². The number of rotatable bonds is 2. The van der Waals surface area contributed by atoms with Crippen molar-refractivity contribution in [2.45, 2.75) is 13.8 Å². The van der Waals surface area contributed by atoms with Crippen LogP contribution in [0.15, 0.2) is 36.5 Å². The van der Waals surface area contributed by atoms with Gasteiger partial charge >= 0.3 is 0 Å².